The van der Waals surface area contributed by atoms with E-state index in [1.165, 1.54) is 0 Å². The zero-order valence-electron chi connectivity index (χ0n) is 12.1. The molecule has 1 atom stereocenters. The van der Waals surface area contributed by atoms with Crippen LogP contribution in [0, 0.1) is 0 Å². The van der Waals surface area contributed by atoms with Gasteiger partial charge in [0.1, 0.15) is 0 Å². The van der Waals surface area contributed by atoms with Gasteiger partial charge in [0.25, 0.3) is 0 Å². The summed E-state index contributed by atoms with van der Waals surface area (Å²) in [5.74, 6) is 1.48. The Morgan fingerprint density at radius 3 is 2.72 bits per heavy atom. The maximum Gasteiger partial charge on any atom is 0.227 e. The maximum absolute atomic E-state index is 5.41. The topological polar surface area (TPSA) is 60.2 Å². The van der Waals surface area contributed by atoms with E-state index >= 15 is 0 Å². The lowest BCUT2D eigenvalue weighted by atomic mass is 10.00. The van der Waals surface area contributed by atoms with E-state index in [0.717, 1.165) is 31.6 Å². The number of hydrogen-bond donors (Lipinski definition) is 1. The molecule has 1 N–H and O–H groups in total. The van der Waals surface area contributed by atoms with Gasteiger partial charge in [0.15, 0.2) is 5.82 Å². The molecule has 1 rings (SSSR count). The second-order valence-electron chi connectivity index (χ2n) is 5.23. The zero-order chi connectivity index (χ0) is 13.6. The molecule has 5 nitrogen and oxygen atoms in total. The molecule has 1 aromatic heterocycles. The SMILES string of the molecule is CCc1noc(CCNC(C)CC(C)(C)OC)n1. The molecule has 0 saturated heterocycles. The fraction of sp³-hybridized carbons (Fsp3) is 0.846. The van der Waals surface area contributed by atoms with Crippen molar-refractivity contribution in [3.8, 4) is 0 Å². The number of nitrogens with one attached hydrogen (secondary N) is 1. The molecule has 1 heterocycles. The van der Waals surface area contributed by atoms with Crippen molar-refractivity contribution in [2.24, 2.45) is 0 Å². The number of aryl methyl sites for hydroxylation is 1. The molecule has 0 aliphatic heterocycles. The van der Waals surface area contributed by atoms with Gasteiger partial charge in [0.2, 0.25) is 5.89 Å². The van der Waals surface area contributed by atoms with Gasteiger partial charge in [0, 0.05) is 32.5 Å². The molecular weight excluding hydrogens is 230 g/mol. The summed E-state index contributed by atoms with van der Waals surface area (Å²) in [7, 11) is 1.75. The van der Waals surface area contributed by atoms with Crippen LogP contribution < -0.4 is 5.32 Å². The van der Waals surface area contributed by atoms with Crippen molar-refractivity contribution in [2.45, 2.75) is 58.6 Å². The van der Waals surface area contributed by atoms with Gasteiger partial charge in [-0.05, 0) is 27.2 Å². The number of methoxy groups -OCH3 is 1. The predicted octanol–water partition coefficient (Wildman–Crippen LogP) is 1.97. The Kier molecular flexibility index (Phi) is 5.75. The third-order valence-corrected chi connectivity index (χ3v) is 3.01. The quantitative estimate of drug-likeness (QED) is 0.769. The molecule has 0 aromatic carbocycles. The minimum atomic E-state index is -0.0910. The maximum atomic E-state index is 5.41. The Bertz CT molecular complexity index is 350. The van der Waals surface area contributed by atoms with E-state index in [4.69, 9.17) is 9.26 Å². The van der Waals surface area contributed by atoms with Crippen molar-refractivity contribution >= 4 is 0 Å². The fourth-order valence-corrected chi connectivity index (χ4v) is 1.85. The largest absolute Gasteiger partial charge is 0.379 e. The summed E-state index contributed by atoms with van der Waals surface area (Å²) in [6, 6.07) is 0.397. The van der Waals surface area contributed by atoms with Gasteiger partial charge in [-0.25, -0.2) is 0 Å². The number of aromatic nitrogens is 2. The van der Waals surface area contributed by atoms with Crippen LogP contribution in [-0.4, -0.2) is 35.4 Å². The van der Waals surface area contributed by atoms with Gasteiger partial charge in [0.05, 0.1) is 5.60 Å². The van der Waals surface area contributed by atoms with Crippen molar-refractivity contribution in [1.29, 1.82) is 0 Å². The molecule has 0 radical (unpaired) electrons. The highest BCUT2D eigenvalue weighted by atomic mass is 16.5. The lowest BCUT2D eigenvalue weighted by molar-refractivity contribution is 0.00862. The van der Waals surface area contributed by atoms with Crippen molar-refractivity contribution in [1.82, 2.24) is 15.5 Å². The van der Waals surface area contributed by atoms with Crippen LogP contribution in [0.15, 0.2) is 4.52 Å². The summed E-state index contributed by atoms with van der Waals surface area (Å²) in [4.78, 5) is 4.27. The van der Waals surface area contributed by atoms with Crippen LogP contribution in [0.3, 0.4) is 0 Å². The first kappa shape index (κ1) is 15.1. The lowest BCUT2D eigenvalue weighted by Crippen LogP contribution is -2.36. The normalized spacial score (nSPS) is 13.8. The second-order valence-corrected chi connectivity index (χ2v) is 5.23. The molecule has 0 aliphatic carbocycles. The number of ether oxygens (including phenoxy) is 1. The van der Waals surface area contributed by atoms with E-state index in [0.29, 0.717) is 11.9 Å². The molecule has 104 valence electrons. The summed E-state index contributed by atoms with van der Waals surface area (Å²) in [6.45, 7) is 9.20. The molecule has 18 heavy (non-hydrogen) atoms. The lowest BCUT2D eigenvalue weighted by Gasteiger charge is -2.27. The van der Waals surface area contributed by atoms with Crippen LogP contribution >= 0.6 is 0 Å². The zero-order valence-corrected chi connectivity index (χ0v) is 12.1. The smallest absolute Gasteiger partial charge is 0.227 e. The average Bonchev–Trinajstić information content (AvgIpc) is 2.76. The molecular formula is C13H25N3O2. The Morgan fingerprint density at radius 1 is 1.44 bits per heavy atom. The van der Waals surface area contributed by atoms with Crippen molar-refractivity contribution in [3.63, 3.8) is 0 Å². The molecule has 0 amide bonds. The Hall–Kier alpha value is -0.940. The Morgan fingerprint density at radius 2 is 2.17 bits per heavy atom. The highest BCUT2D eigenvalue weighted by Crippen LogP contribution is 2.15. The van der Waals surface area contributed by atoms with Gasteiger partial charge in [-0.15, -0.1) is 0 Å². The van der Waals surface area contributed by atoms with Crippen LogP contribution in [0.4, 0.5) is 0 Å². The molecule has 0 bridgehead atoms. The summed E-state index contributed by atoms with van der Waals surface area (Å²) in [5, 5.41) is 7.31. The van der Waals surface area contributed by atoms with Crippen LogP contribution in [0.2, 0.25) is 0 Å². The molecule has 5 heteroatoms. The first-order valence-corrected chi connectivity index (χ1v) is 6.57. The minimum Gasteiger partial charge on any atom is -0.379 e. The third kappa shape index (κ3) is 5.14. The van der Waals surface area contributed by atoms with Gasteiger partial charge in [-0.3, -0.25) is 0 Å². The van der Waals surface area contributed by atoms with Crippen LogP contribution in [0.1, 0.15) is 45.8 Å². The standard InChI is InChI=1S/C13H25N3O2/c1-6-11-15-12(18-16-11)7-8-14-10(2)9-13(3,4)17-5/h10,14H,6-9H2,1-5H3. The van der Waals surface area contributed by atoms with Gasteiger partial charge >= 0.3 is 0 Å². The highest BCUT2D eigenvalue weighted by Gasteiger charge is 2.19. The molecule has 0 spiro atoms. The monoisotopic (exact) mass is 255 g/mol. The van der Waals surface area contributed by atoms with E-state index in [2.05, 4.69) is 36.2 Å². The van der Waals surface area contributed by atoms with E-state index < -0.39 is 0 Å². The summed E-state index contributed by atoms with van der Waals surface area (Å²) in [6.07, 6.45) is 2.55. The average molecular weight is 255 g/mol. The molecule has 0 aliphatic rings. The van der Waals surface area contributed by atoms with Crippen LogP contribution in [-0.2, 0) is 17.6 Å². The van der Waals surface area contributed by atoms with Gasteiger partial charge in [-0.1, -0.05) is 12.1 Å². The van der Waals surface area contributed by atoms with Crippen LogP contribution in [0.25, 0.3) is 0 Å². The first-order chi connectivity index (χ1) is 8.46. The highest BCUT2D eigenvalue weighted by molar-refractivity contribution is 4.86. The molecule has 0 saturated carbocycles. The number of hydrogen-bond acceptors (Lipinski definition) is 5. The predicted molar refractivity (Wildman–Crippen MR) is 70.5 cm³/mol. The summed E-state index contributed by atoms with van der Waals surface area (Å²) in [5.41, 5.74) is -0.0910. The van der Waals surface area contributed by atoms with Crippen LogP contribution in [0.5, 0.6) is 0 Å². The van der Waals surface area contributed by atoms with E-state index in [-0.39, 0.29) is 5.60 Å². The molecule has 0 fully saturated rings. The van der Waals surface area contributed by atoms with Crippen molar-refractivity contribution in [3.05, 3.63) is 11.7 Å². The molecule has 1 aromatic rings. The van der Waals surface area contributed by atoms with Gasteiger partial charge < -0.3 is 14.6 Å². The van der Waals surface area contributed by atoms with Crippen molar-refractivity contribution < 1.29 is 9.26 Å². The minimum absolute atomic E-state index is 0.0910. The first-order valence-electron chi connectivity index (χ1n) is 6.57. The van der Waals surface area contributed by atoms with Gasteiger partial charge in [-0.2, -0.15) is 4.98 Å². The van der Waals surface area contributed by atoms with E-state index in [1.807, 2.05) is 6.92 Å². The third-order valence-electron chi connectivity index (χ3n) is 3.01. The Balaban J connectivity index is 2.25. The van der Waals surface area contributed by atoms with Crippen molar-refractivity contribution in [2.75, 3.05) is 13.7 Å². The van der Waals surface area contributed by atoms with E-state index in [1.54, 1.807) is 7.11 Å². The fourth-order valence-electron chi connectivity index (χ4n) is 1.85. The summed E-state index contributed by atoms with van der Waals surface area (Å²) < 4.78 is 10.5. The Labute approximate surface area is 109 Å². The second kappa shape index (κ2) is 6.85. The number of nitrogens with zero attached hydrogens (tertiary/aromatic N) is 2. The number of rotatable bonds is 8. The van der Waals surface area contributed by atoms with E-state index in [9.17, 15) is 0 Å². The molecule has 1 unspecified atom stereocenters. The summed E-state index contributed by atoms with van der Waals surface area (Å²) >= 11 is 0.